The molecule has 0 spiro atoms. The molecule has 9 heteroatoms. The molecule has 2 heterocycles. The Labute approximate surface area is 161 Å². The molecule has 1 saturated heterocycles. The van der Waals surface area contributed by atoms with Crippen LogP contribution in [-0.2, 0) is 26.6 Å². The molecule has 0 aromatic carbocycles. The molecule has 1 fully saturated rings. The van der Waals surface area contributed by atoms with Gasteiger partial charge in [0, 0.05) is 39.4 Å². The molecule has 0 radical (unpaired) electrons. The van der Waals surface area contributed by atoms with Crippen LogP contribution in [0.4, 0.5) is 0 Å². The van der Waals surface area contributed by atoms with E-state index in [0.29, 0.717) is 32.1 Å². The van der Waals surface area contributed by atoms with Crippen LogP contribution in [0.25, 0.3) is 0 Å². The van der Waals surface area contributed by atoms with Gasteiger partial charge in [0.25, 0.3) is 5.91 Å². The van der Waals surface area contributed by atoms with Gasteiger partial charge in [-0.15, -0.1) is 0 Å². The van der Waals surface area contributed by atoms with Crippen LogP contribution >= 0.6 is 0 Å². The summed E-state index contributed by atoms with van der Waals surface area (Å²) in [6.45, 7) is 7.30. The maximum Gasteiger partial charge on any atom is 0.355 e. The lowest BCUT2D eigenvalue weighted by molar-refractivity contribution is -0.136. The van der Waals surface area contributed by atoms with Crippen LogP contribution in [0.2, 0.25) is 0 Å². The summed E-state index contributed by atoms with van der Waals surface area (Å²) in [6, 6.07) is 1.30. The van der Waals surface area contributed by atoms with Crippen LogP contribution in [0.3, 0.4) is 0 Å². The first-order valence-corrected chi connectivity index (χ1v) is 10.8. The third-order valence-corrected chi connectivity index (χ3v) is 6.88. The molecule has 8 nitrogen and oxygen atoms in total. The van der Waals surface area contributed by atoms with Gasteiger partial charge in [-0.1, -0.05) is 20.8 Å². The number of nitrogens with zero attached hydrogens (tertiary/aromatic N) is 3. The van der Waals surface area contributed by atoms with E-state index in [4.69, 9.17) is 4.74 Å². The van der Waals surface area contributed by atoms with E-state index in [0.717, 1.165) is 12.8 Å². The smallest absolute Gasteiger partial charge is 0.355 e. The number of aromatic nitrogens is 1. The molecular formula is C18H29N3O5S. The van der Waals surface area contributed by atoms with Crippen molar-refractivity contribution in [2.75, 3.05) is 32.8 Å². The number of esters is 1. The largest absolute Gasteiger partial charge is 0.451 e. The molecule has 0 N–H and O–H groups in total. The summed E-state index contributed by atoms with van der Waals surface area (Å²) in [4.78, 5) is 26.3. The van der Waals surface area contributed by atoms with Gasteiger partial charge >= 0.3 is 5.97 Å². The summed E-state index contributed by atoms with van der Waals surface area (Å²) in [5, 5.41) is 0. The fraction of sp³-hybridized carbons (Fsp3) is 0.667. The Morgan fingerprint density at radius 3 is 2.56 bits per heavy atom. The van der Waals surface area contributed by atoms with Crippen LogP contribution in [0.1, 0.15) is 44.1 Å². The van der Waals surface area contributed by atoms with E-state index < -0.39 is 16.0 Å². The number of hydrogen-bond donors (Lipinski definition) is 0. The Hall–Kier alpha value is -1.87. The van der Waals surface area contributed by atoms with E-state index in [-0.39, 0.29) is 23.1 Å². The lowest BCUT2D eigenvalue weighted by atomic mass is 10.0. The van der Waals surface area contributed by atoms with E-state index in [1.165, 1.54) is 21.1 Å². The summed E-state index contributed by atoms with van der Waals surface area (Å²) in [6.07, 6.45) is 3.43. The molecule has 2 rings (SSSR count). The van der Waals surface area contributed by atoms with Gasteiger partial charge in [0.15, 0.2) is 6.61 Å². The summed E-state index contributed by atoms with van der Waals surface area (Å²) in [5.41, 5.74) is 0.0977. The third kappa shape index (κ3) is 4.90. The Morgan fingerprint density at radius 1 is 1.30 bits per heavy atom. The molecule has 1 unspecified atom stereocenters. The average Bonchev–Trinajstić information content (AvgIpc) is 3.03. The molecule has 1 aromatic rings. The first-order valence-electron chi connectivity index (χ1n) is 9.32. The van der Waals surface area contributed by atoms with Gasteiger partial charge in [-0.05, 0) is 24.8 Å². The Balaban J connectivity index is 2.05. The quantitative estimate of drug-likeness (QED) is 0.648. The molecule has 1 aliphatic rings. The summed E-state index contributed by atoms with van der Waals surface area (Å²) in [7, 11) is -2.09. The van der Waals surface area contributed by atoms with E-state index in [2.05, 4.69) is 6.92 Å². The minimum atomic E-state index is -3.66. The van der Waals surface area contributed by atoms with E-state index >= 15 is 0 Å². The number of aryl methyl sites for hydroxylation is 1. The summed E-state index contributed by atoms with van der Waals surface area (Å²) in [5.74, 6) is -0.490. The Kier molecular flexibility index (Phi) is 7.05. The minimum Gasteiger partial charge on any atom is -0.451 e. The van der Waals surface area contributed by atoms with Crippen molar-refractivity contribution in [3.63, 3.8) is 0 Å². The molecule has 1 aliphatic heterocycles. The molecule has 27 heavy (non-hydrogen) atoms. The predicted octanol–water partition coefficient (Wildman–Crippen LogP) is 1.47. The van der Waals surface area contributed by atoms with Crippen LogP contribution in [0.15, 0.2) is 17.2 Å². The maximum atomic E-state index is 12.6. The lowest BCUT2D eigenvalue weighted by Gasteiger charge is -2.30. The van der Waals surface area contributed by atoms with E-state index in [1.807, 2.05) is 0 Å². The third-order valence-electron chi connectivity index (χ3n) is 4.87. The van der Waals surface area contributed by atoms with Crippen molar-refractivity contribution in [2.45, 2.75) is 38.5 Å². The van der Waals surface area contributed by atoms with Crippen LogP contribution < -0.4 is 0 Å². The summed E-state index contributed by atoms with van der Waals surface area (Å²) < 4.78 is 33.0. The zero-order valence-corrected chi connectivity index (χ0v) is 17.3. The zero-order valence-electron chi connectivity index (χ0n) is 16.5. The second kappa shape index (κ2) is 8.88. The van der Waals surface area contributed by atoms with Gasteiger partial charge in [0.2, 0.25) is 10.0 Å². The van der Waals surface area contributed by atoms with Crippen molar-refractivity contribution in [2.24, 2.45) is 13.0 Å². The highest BCUT2D eigenvalue weighted by atomic mass is 32.2. The van der Waals surface area contributed by atoms with Gasteiger partial charge in [0.05, 0.1) is 0 Å². The van der Waals surface area contributed by atoms with E-state index in [9.17, 15) is 18.0 Å². The molecule has 0 bridgehead atoms. The number of piperidine rings is 1. The SMILES string of the molecule is CCN(CC)S(=O)(=O)c1cc(C(=O)OCC(=O)N2CCCC(C)C2)n(C)c1. The molecule has 1 aromatic heterocycles. The molecular weight excluding hydrogens is 370 g/mol. The fourth-order valence-corrected chi connectivity index (χ4v) is 4.83. The van der Waals surface area contributed by atoms with Gasteiger partial charge < -0.3 is 14.2 Å². The van der Waals surface area contributed by atoms with Gasteiger partial charge in [-0.2, -0.15) is 4.31 Å². The number of rotatable bonds is 7. The van der Waals surface area contributed by atoms with Gasteiger partial charge in [-0.25, -0.2) is 13.2 Å². The van der Waals surface area contributed by atoms with Crippen molar-refractivity contribution < 1.29 is 22.7 Å². The van der Waals surface area contributed by atoms with Crippen LogP contribution in [-0.4, -0.2) is 66.9 Å². The number of ether oxygens (including phenoxy) is 1. The zero-order chi connectivity index (χ0) is 20.2. The standard InChI is InChI=1S/C18H29N3O5S/c1-5-21(6-2)27(24,25)15-10-16(19(4)12-15)18(23)26-13-17(22)20-9-7-8-14(3)11-20/h10,12,14H,5-9,11,13H2,1-4H3. The minimum absolute atomic E-state index is 0.0387. The first-order chi connectivity index (χ1) is 12.7. The average molecular weight is 400 g/mol. The first kappa shape index (κ1) is 21.4. The maximum absolute atomic E-state index is 12.6. The second-order valence-corrected chi connectivity index (χ2v) is 8.86. The highest BCUT2D eigenvalue weighted by Crippen LogP contribution is 2.19. The van der Waals surface area contributed by atoms with Gasteiger partial charge in [-0.3, -0.25) is 4.79 Å². The molecule has 0 saturated carbocycles. The number of carbonyl (C=O) groups excluding carboxylic acids is 2. The van der Waals surface area contributed by atoms with Gasteiger partial charge in [0.1, 0.15) is 10.6 Å². The van der Waals surface area contributed by atoms with Crippen molar-refractivity contribution in [3.8, 4) is 0 Å². The lowest BCUT2D eigenvalue weighted by Crippen LogP contribution is -2.41. The number of amides is 1. The topological polar surface area (TPSA) is 88.9 Å². The Bertz CT molecular complexity index is 783. The number of sulfonamides is 1. The van der Waals surface area contributed by atoms with Crippen LogP contribution in [0, 0.1) is 5.92 Å². The molecule has 152 valence electrons. The van der Waals surface area contributed by atoms with Crippen molar-refractivity contribution >= 4 is 21.9 Å². The predicted molar refractivity (Wildman–Crippen MR) is 101 cm³/mol. The van der Waals surface area contributed by atoms with Crippen molar-refractivity contribution in [3.05, 3.63) is 18.0 Å². The fourth-order valence-electron chi connectivity index (χ4n) is 3.30. The molecule has 1 atom stereocenters. The van der Waals surface area contributed by atoms with Crippen LogP contribution in [0.5, 0.6) is 0 Å². The highest BCUT2D eigenvalue weighted by molar-refractivity contribution is 7.89. The van der Waals surface area contributed by atoms with E-state index in [1.54, 1.807) is 25.8 Å². The van der Waals surface area contributed by atoms with Crippen molar-refractivity contribution in [1.29, 1.82) is 0 Å². The number of likely N-dealkylation sites (tertiary alicyclic amines) is 1. The molecule has 0 aliphatic carbocycles. The normalized spacial score (nSPS) is 18.0. The molecule has 1 amide bonds. The number of carbonyl (C=O) groups is 2. The second-order valence-electron chi connectivity index (χ2n) is 6.92. The van der Waals surface area contributed by atoms with Crippen molar-refractivity contribution in [1.82, 2.24) is 13.8 Å². The highest BCUT2D eigenvalue weighted by Gasteiger charge is 2.27. The number of hydrogen-bond acceptors (Lipinski definition) is 5. The summed E-state index contributed by atoms with van der Waals surface area (Å²) >= 11 is 0. The Morgan fingerprint density at radius 2 is 1.96 bits per heavy atom. The monoisotopic (exact) mass is 399 g/mol.